The molecule has 0 saturated carbocycles. The van der Waals surface area contributed by atoms with Gasteiger partial charge in [0.05, 0.1) is 24.2 Å². The number of para-hydroxylation sites is 1. The number of fused-ring (bicyclic) bond motifs is 1. The lowest BCUT2D eigenvalue weighted by Crippen LogP contribution is -2.25. The molecule has 0 saturated heterocycles. The third-order valence-corrected chi connectivity index (χ3v) is 4.83. The molecule has 30 heavy (non-hydrogen) atoms. The fraction of sp³-hybridized carbons (Fsp3) is 0.273. The monoisotopic (exact) mass is 430 g/mol. The van der Waals surface area contributed by atoms with Gasteiger partial charge in [-0.25, -0.2) is 9.07 Å². The van der Waals surface area contributed by atoms with E-state index in [0.717, 1.165) is 24.2 Å². The minimum atomic E-state index is -0.501. The summed E-state index contributed by atoms with van der Waals surface area (Å²) in [6.45, 7) is 3.80. The second-order valence-electron chi connectivity index (χ2n) is 6.92. The molecule has 1 aliphatic rings. The lowest BCUT2D eigenvalue weighted by atomic mass is 9.99. The van der Waals surface area contributed by atoms with Gasteiger partial charge in [0.2, 0.25) is 0 Å². The maximum absolute atomic E-state index is 14.9. The Morgan fingerprint density at radius 3 is 2.83 bits per heavy atom. The molecule has 1 amide bonds. The first kappa shape index (κ1) is 21.8. The van der Waals surface area contributed by atoms with E-state index in [1.54, 1.807) is 16.9 Å². The van der Waals surface area contributed by atoms with Crippen LogP contribution in [0.3, 0.4) is 0 Å². The normalized spacial score (nSPS) is 12.6. The molecule has 0 spiro atoms. The van der Waals surface area contributed by atoms with E-state index < -0.39 is 5.91 Å². The summed E-state index contributed by atoms with van der Waals surface area (Å²) in [4.78, 5) is 12.9. The summed E-state index contributed by atoms with van der Waals surface area (Å²) in [7, 11) is 0. The van der Waals surface area contributed by atoms with Gasteiger partial charge in [0.1, 0.15) is 5.82 Å². The topological polar surface area (TPSA) is 68.2 Å². The minimum Gasteiger partial charge on any atom is -0.489 e. The van der Waals surface area contributed by atoms with Crippen LogP contribution in [-0.2, 0) is 13.0 Å². The first-order valence-corrected chi connectivity index (χ1v) is 9.77. The van der Waals surface area contributed by atoms with Gasteiger partial charge in [-0.1, -0.05) is 31.2 Å². The second kappa shape index (κ2) is 9.73. The van der Waals surface area contributed by atoms with Crippen LogP contribution >= 0.6 is 12.4 Å². The molecule has 2 aromatic carbocycles. The van der Waals surface area contributed by atoms with Crippen molar-refractivity contribution in [3.05, 3.63) is 71.3 Å². The number of hydrogen-bond acceptors (Lipinski definition) is 4. The van der Waals surface area contributed by atoms with Crippen LogP contribution in [0.25, 0.3) is 5.69 Å². The summed E-state index contributed by atoms with van der Waals surface area (Å²) in [6, 6.07) is 12.9. The highest BCUT2D eigenvalue weighted by Gasteiger charge is 2.22. The molecule has 2 heterocycles. The number of carbonyl (C=O) groups is 1. The number of benzene rings is 2. The number of nitrogens with zero attached hydrogens (tertiary/aromatic N) is 2. The lowest BCUT2D eigenvalue weighted by Gasteiger charge is -2.19. The maximum atomic E-state index is 14.9. The molecule has 158 valence electrons. The molecule has 0 radical (unpaired) electrons. The number of carbonyl (C=O) groups excluding carboxylic acids is 1. The molecule has 0 bridgehead atoms. The van der Waals surface area contributed by atoms with Gasteiger partial charge in [0.15, 0.2) is 11.4 Å². The first-order chi connectivity index (χ1) is 14.2. The van der Waals surface area contributed by atoms with Gasteiger partial charge in [0.25, 0.3) is 5.91 Å². The summed E-state index contributed by atoms with van der Waals surface area (Å²) >= 11 is 0. The smallest absolute Gasteiger partial charge is 0.280 e. The number of amides is 1. The molecule has 8 heteroatoms. The molecular weight excluding hydrogens is 407 g/mol. The van der Waals surface area contributed by atoms with Gasteiger partial charge in [-0.05, 0) is 48.7 Å². The zero-order valence-electron chi connectivity index (χ0n) is 16.7. The highest BCUT2D eigenvalue weighted by molar-refractivity contribution is 6.04. The molecule has 1 aromatic heterocycles. The average Bonchev–Trinajstić information content (AvgIpc) is 3.19. The van der Waals surface area contributed by atoms with Crippen LogP contribution in [-0.4, -0.2) is 28.8 Å². The van der Waals surface area contributed by atoms with E-state index in [1.165, 1.54) is 0 Å². The van der Waals surface area contributed by atoms with Gasteiger partial charge in [0, 0.05) is 6.54 Å². The molecule has 4 rings (SSSR count). The van der Waals surface area contributed by atoms with E-state index in [0.29, 0.717) is 30.9 Å². The van der Waals surface area contributed by atoms with Gasteiger partial charge in [-0.3, -0.25) is 4.79 Å². The summed E-state index contributed by atoms with van der Waals surface area (Å²) < 4.78 is 22.2. The second-order valence-corrected chi connectivity index (χ2v) is 6.92. The number of aromatic nitrogens is 2. The van der Waals surface area contributed by atoms with E-state index in [9.17, 15) is 9.18 Å². The highest BCUT2D eigenvalue weighted by Crippen LogP contribution is 2.26. The molecule has 0 atom stereocenters. The number of nitrogens with one attached hydrogen (secondary N) is 2. The molecule has 0 aliphatic carbocycles. The number of ether oxygens (including phenoxy) is 1. The van der Waals surface area contributed by atoms with Crippen LogP contribution in [0.4, 0.5) is 10.1 Å². The molecule has 6 nitrogen and oxygen atoms in total. The average molecular weight is 431 g/mol. The van der Waals surface area contributed by atoms with Crippen molar-refractivity contribution < 1.29 is 13.9 Å². The Kier molecular flexibility index (Phi) is 7.07. The standard InChI is InChI=1S/C22H23FN4O2.ClH/c1-2-12-29-19-14-27(16-6-4-3-5-7-16)26-21(19)22(28)25-18-9-8-15-13-24-11-10-17(15)20(18)23;/h3-9,14,24H,2,10-13H2,1H3,(H,25,28);1H. The maximum Gasteiger partial charge on any atom is 0.280 e. The minimum absolute atomic E-state index is 0. The van der Waals surface area contributed by atoms with Crippen LogP contribution < -0.4 is 15.4 Å². The van der Waals surface area contributed by atoms with Crippen molar-refractivity contribution >= 4 is 24.0 Å². The number of anilines is 1. The van der Waals surface area contributed by atoms with E-state index >= 15 is 0 Å². The Morgan fingerprint density at radius 2 is 2.07 bits per heavy atom. The van der Waals surface area contributed by atoms with Crippen molar-refractivity contribution in [1.82, 2.24) is 15.1 Å². The first-order valence-electron chi connectivity index (χ1n) is 9.77. The fourth-order valence-electron chi connectivity index (χ4n) is 3.36. The third-order valence-electron chi connectivity index (χ3n) is 4.83. The molecule has 0 unspecified atom stereocenters. The van der Waals surface area contributed by atoms with Crippen molar-refractivity contribution in [2.45, 2.75) is 26.3 Å². The van der Waals surface area contributed by atoms with Crippen LogP contribution in [0.15, 0.2) is 48.7 Å². The Morgan fingerprint density at radius 1 is 1.27 bits per heavy atom. The Balaban J connectivity index is 0.00000256. The van der Waals surface area contributed by atoms with Crippen LogP contribution in [0.1, 0.15) is 35.0 Å². The number of halogens is 2. The Bertz CT molecular complexity index is 1020. The highest BCUT2D eigenvalue weighted by atomic mass is 35.5. The summed E-state index contributed by atoms with van der Waals surface area (Å²) in [5, 5.41) is 10.3. The number of rotatable bonds is 6. The zero-order valence-corrected chi connectivity index (χ0v) is 17.5. The summed E-state index contributed by atoms with van der Waals surface area (Å²) in [5.74, 6) is -0.509. The van der Waals surface area contributed by atoms with Crippen molar-refractivity contribution in [2.24, 2.45) is 0 Å². The van der Waals surface area contributed by atoms with E-state index in [1.807, 2.05) is 43.3 Å². The van der Waals surface area contributed by atoms with Crippen LogP contribution in [0, 0.1) is 5.82 Å². The van der Waals surface area contributed by atoms with Crippen molar-refractivity contribution in [1.29, 1.82) is 0 Å². The van der Waals surface area contributed by atoms with Gasteiger partial charge in [-0.2, -0.15) is 5.10 Å². The molecule has 3 aromatic rings. The third kappa shape index (κ3) is 4.47. The predicted molar refractivity (Wildman–Crippen MR) is 116 cm³/mol. The zero-order chi connectivity index (χ0) is 20.2. The predicted octanol–water partition coefficient (Wildman–Crippen LogP) is 4.12. The quantitative estimate of drug-likeness (QED) is 0.617. The largest absolute Gasteiger partial charge is 0.489 e. The van der Waals surface area contributed by atoms with Gasteiger partial charge in [-0.15, -0.1) is 12.4 Å². The van der Waals surface area contributed by atoms with Gasteiger partial charge < -0.3 is 15.4 Å². The molecule has 1 aliphatic heterocycles. The van der Waals surface area contributed by atoms with Crippen molar-refractivity contribution in [3.8, 4) is 11.4 Å². The van der Waals surface area contributed by atoms with E-state index in [2.05, 4.69) is 15.7 Å². The van der Waals surface area contributed by atoms with Crippen molar-refractivity contribution in [3.63, 3.8) is 0 Å². The van der Waals surface area contributed by atoms with E-state index in [4.69, 9.17) is 4.74 Å². The number of hydrogen-bond donors (Lipinski definition) is 2. The Hall–Kier alpha value is -2.90. The SMILES string of the molecule is CCCOc1cn(-c2ccccc2)nc1C(=O)Nc1ccc2c(c1F)CCNC2.Cl. The summed E-state index contributed by atoms with van der Waals surface area (Å²) in [5.41, 5.74) is 2.67. The fourth-order valence-corrected chi connectivity index (χ4v) is 3.36. The Labute approximate surface area is 180 Å². The molecule has 2 N–H and O–H groups in total. The molecular formula is C22H24ClFN4O2. The van der Waals surface area contributed by atoms with Crippen molar-refractivity contribution in [2.75, 3.05) is 18.5 Å². The molecule has 0 fully saturated rings. The van der Waals surface area contributed by atoms with Gasteiger partial charge >= 0.3 is 0 Å². The summed E-state index contributed by atoms with van der Waals surface area (Å²) in [6.07, 6.45) is 3.07. The van der Waals surface area contributed by atoms with Crippen LogP contribution in [0.5, 0.6) is 5.75 Å². The van der Waals surface area contributed by atoms with E-state index in [-0.39, 0.29) is 29.6 Å². The van der Waals surface area contributed by atoms with Crippen LogP contribution in [0.2, 0.25) is 0 Å². The lowest BCUT2D eigenvalue weighted by molar-refractivity contribution is 0.101.